The van der Waals surface area contributed by atoms with Gasteiger partial charge < -0.3 is 15.0 Å². The molecule has 0 atom stereocenters. The van der Waals surface area contributed by atoms with Crippen molar-refractivity contribution in [3.8, 4) is 5.88 Å². The van der Waals surface area contributed by atoms with Crippen molar-refractivity contribution >= 4 is 17.3 Å². The first kappa shape index (κ1) is 19.6. The zero-order chi connectivity index (χ0) is 19.2. The number of pyridine rings is 1. The molecule has 0 aliphatic carbocycles. The molecule has 2 aromatic rings. The van der Waals surface area contributed by atoms with Crippen molar-refractivity contribution in [3.05, 3.63) is 48.2 Å². The minimum absolute atomic E-state index is 0.0652. The average molecular weight is 367 g/mol. The van der Waals surface area contributed by atoms with Gasteiger partial charge in [0, 0.05) is 30.7 Å². The first-order valence-corrected chi connectivity index (χ1v) is 8.15. The molecule has 2 rings (SSSR count). The van der Waals surface area contributed by atoms with E-state index in [0.717, 1.165) is 18.8 Å². The molecule has 1 aromatic heterocycles. The number of alkyl halides is 3. The first-order valence-electron chi connectivity index (χ1n) is 8.15. The summed E-state index contributed by atoms with van der Waals surface area (Å²) < 4.78 is 41.6. The van der Waals surface area contributed by atoms with Crippen molar-refractivity contribution in [2.45, 2.75) is 20.0 Å². The van der Waals surface area contributed by atoms with Crippen LogP contribution in [0.2, 0.25) is 0 Å². The summed E-state index contributed by atoms with van der Waals surface area (Å²) in [5, 5.41) is 2.64. The minimum atomic E-state index is -4.51. The van der Waals surface area contributed by atoms with Crippen molar-refractivity contribution in [1.29, 1.82) is 0 Å². The van der Waals surface area contributed by atoms with E-state index in [-0.39, 0.29) is 11.4 Å². The molecule has 1 amide bonds. The maximum atomic E-state index is 12.4. The highest BCUT2D eigenvalue weighted by atomic mass is 19.4. The zero-order valence-electron chi connectivity index (χ0n) is 14.5. The van der Waals surface area contributed by atoms with Gasteiger partial charge >= 0.3 is 6.18 Å². The van der Waals surface area contributed by atoms with Crippen LogP contribution in [0.4, 0.5) is 24.5 Å². The van der Waals surface area contributed by atoms with Crippen molar-refractivity contribution in [1.82, 2.24) is 4.98 Å². The summed E-state index contributed by atoms with van der Waals surface area (Å²) in [6.07, 6.45) is -3.24. The van der Waals surface area contributed by atoms with E-state index < -0.39 is 18.7 Å². The number of aromatic nitrogens is 1. The van der Waals surface area contributed by atoms with Crippen LogP contribution in [-0.4, -0.2) is 36.8 Å². The molecule has 140 valence electrons. The lowest BCUT2D eigenvalue weighted by Gasteiger charge is -2.21. The number of amides is 1. The molecule has 0 saturated heterocycles. The smallest absolute Gasteiger partial charge is 0.422 e. The van der Waals surface area contributed by atoms with Gasteiger partial charge in [-0.3, -0.25) is 4.79 Å². The molecule has 0 aliphatic rings. The fourth-order valence-corrected chi connectivity index (χ4v) is 2.37. The van der Waals surface area contributed by atoms with Crippen LogP contribution >= 0.6 is 0 Å². The van der Waals surface area contributed by atoms with Gasteiger partial charge in [0.25, 0.3) is 5.91 Å². The number of ether oxygens (including phenoxy) is 1. The molecule has 0 saturated carbocycles. The number of hydrogen-bond acceptors (Lipinski definition) is 4. The topological polar surface area (TPSA) is 54.5 Å². The Labute approximate surface area is 149 Å². The van der Waals surface area contributed by atoms with E-state index in [2.05, 4.69) is 19.9 Å². The van der Waals surface area contributed by atoms with Crippen LogP contribution in [0.5, 0.6) is 5.88 Å². The summed E-state index contributed by atoms with van der Waals surface area (Å²) in [4.78, 5) is 18.2. The van der Waals surface area contributed by atoms with Crippen molar-refractivity contribution in [2.75, 3.05) is 29.9 Å². The zero-order valence-corrected chi connectivity index (χ0v) is 14.5. The summed E-state index contributed by atoms with van der Waals surface area (Å²) in [6, 6.07) is 10.0. The summed E-state index contributed by atoms with van der Waals surface area (Å²) in [5.41, 5.74) is 1.48. The lowest BCUT2D eigenvalue weighted by atomic mass is 10.2. The molecule has 0 aliphatic heterocycles. The number of benzene rings is 1. The van der Waals surface area contributed by atoms with E-state index >= 15 is 0 Å². The van der Waals surface area contributed by atoms with Crippen LogP contribution in [0, 0.1) is 0 Å². The molecule has 1 aromatic carbocycles. The van der Waals surface area contributed by atoms with E-state index in [1.807, 2.05) is 26.0 Å². The molecule has 0 unspecified atom stereocenters. The fourth-order valence-electron chi connectivity index (χ4n) is 2.37. The van der Waals surface area contributed by atoms with Gasteiger partial charge in [-0.1, -0.05) is 0 Å². The molecule has 0 radical (unpaired) electrons. The lowest BCUT2D eigenvalue weighted by molar-refractivity contribution is -0.154. The van der Waals surface area contributed by atoms with Crippen LogP contribution in [0.3, 0.4) is 0 Å². The second-order valence-corrected chi connectivity index (χ2v) is 5.43. The molecule has 5 nitrogen and oxygen atoms in total. The number of nitrogens with one attached hydrogen (secondary N) is 1. The predicted molar refractivity (Wildman–Crippen MR) is 93.7 cm³/mol. The molecule has 26 heavy (non-hydrogen) atoms. The Morgan fingerprint density at radius 2 is 1.81 bits per heavy atom. The monoisotopic (exact) mass is 367 g/mol. The molecular weight excluding hydrogens is 347 g/mol. The molecule has 0 fully saturated rings. The Morgan fingerprint density at radius 3 is 2.38 bits per heavy atom. The molecule has 1 heterocycles. The second-order valence-electron chi connectivity index (χ2n) is 5.43. The predicted octanol–water partition coefficient (Wildman–Crippen LogP) is 4.12. The quantitative estimate of drug-likeness (QED) is 0.800. The van der Waals surface area contributed by atoms with Crippen molar-refractivity contribution < 1.29 is 22.7 Å². The Kier molecular flexibility index (Phi) is 6.43. The van der Waals surface area contributed by atoms with Gasteiger partial charge in [-0.15, -0.1) is 0 Å². The van der Waals surface area contributed by atoms with Gasteiger partial charge in [0.05, 0.1) is 0 Å². The second kappa shape index (κ2) is 8.55. The summed E-state index contributed by atoms with van der Waals surface area (Å²) in [6.45, 7) is 4.30. The summed E-state index contributed by atoms with van der Waals surface area (Å²) in [7, 11) is 0. The number of halogens is 3. The van der Waals surface area contributed by atoms with Crippen LogP contribution in [-0.2, 0) is 0 Å². The highest BCUT2D eigenvalue weighted by Gasteiger charge is 2.29. The Morgan fingerprint density at radius 1 is 1.15 bits per heavy atom. The highest BCUT2D eigenvalue weighted by Crippen LogP contribution is 2.22. The lowest BCUT2D eigenvalue weighted by Crippen LogP contribution is -2.22. The molecule has 8 heteroatoms. The molecular formula is C18H20F3N3O2. The maximum Gasteiger partial charge on any atom is 0.422 e. The van der Waals surface area contributed by atoms with Crippen LogP contribution in [0.15, 0.2) is 42.6 Å². The normalized spacial score (nSPS) is 11.1. The third-order valence-corrected chi connectivity index (χ3v) is 3.64. The number of carbonyl (C=O) groups excluding carboxylic acids is 1. The summed E-state index contributed by atoms with van der Waals surface area (Å²) in [5.74, 6) is -0.951. The standard InChI is InChI=1S/C18H20F3N3O2/c1-3-24(4-2)14-9-7-13(8-10-14)23-16(25)15-6-5-11-22-17(15)26-12-18(19,20)21/h5-11H,3-4,12H2,1-2H3,(H,23,25). The van der Waals surface area contributed by atoms with Crippen LogP contribution in [0.25, 0.3) is 0 Å². The average Bonchev–Trinajstić information content (AvgIpc) is 2.62. The molecule has 1 N–H and O–H groups in total. The number of carbonyl (C=O) groups is 1. The maximum absolute atomic E-state index is 12.4. The first-order chi connectivity index (χ1) is 12.3. The van der Waals surface area contributed by atoms with Crippen molar-refractivity contribution in [2.24, 2.45) is 0 Å². The van der Waals surface area contributed by atoms with Gasteiger partial charge in [-0.2, -0.15) is 13.2 Å². The number of nitrogens with zero attached hydrogens (tertiary/aromatic N) is 2. The molecule has 0 spiro atoms. The molecule has 0 bridgehead atoms. The highest BCUT2D eigenvalue weighted by molar-refractivity contribution is 6.05. The third-order valence-electron chi connectivity index (χ3n) is 3.64. The number of anilines is 2. The Bertz CT molecular complexity index is 729. The van der Waals surface area contributed by atoms with Gasteiger partial charge in [0.1, 0.15) is 5.56 Å². The van der Waals surface area contributed by atoms with Gasteiger partial charge in [-0.25, -0.2) is 4.98 Å². The summed E-state index contributed by atoms with van der Waals surface area (Å²) >= 11 is 0. The van der Waals surface area contributed by atoms with E-state index in [0.29, 0.717) is 5.69 Å². The third kappa shape index (κ3) is 5.37. The van der Waals surface area contributed by atoms with E-state index in [9.17, 15) is 18.0 Å². The van der Waals surface area contributed by atoms with E-state index in [1.165, 1.54) is 18.3 Å². The SMILES string of the molecule is CCN(CC)c1ccc(NC(=O)c2cccnc2OCC(F)(F)F)cc1. The number of hydrogen-bond donors (Lipinski definition) is 1. The minimum Gasteiger partial charge on any atom is -0.467 e. The van der Waals surface area contributed by atoms with E-state index in [4.69, 9.17) is 0 Å². The van der Waals surface area contributed by atoms with Gasteiger partial charge in [0.15, 0.2) is 6.61 Å². The van der Waals surface area contributed by atoms with Crippen LogP contribution in [0.1, 0.15) is 24.2 Å². The number of rotatable bonds is 7. The van der Waals surface area contributed by atoms with Gasteiger partial charge in [-0.05, 0) is 50.2 Å². The Balaban J connectivity index is 2.10. The van der Waals surface area contributed by atoms with Crippen molar-refractivity contribution in [3.63, 3.8) is 0 Å². The fraction of sp³-hybridized carbons (Fsp3) is 0.333. The van der Waals surface area contributed by atoms with E-state index in [1.54, 1.807) is 12.1 Å². The van der Waals surface area contributed by atoms with Crippen LogP contribution < -0.4 is 15.0 Å². The van der Waals surface area contributed by atoms with Gasteiger partial charge in [0.2, 0.25) is 5.88 Å². The largest absolute Gasteiger partial charge is 0.467 e. The Hall–Kier alpha value is -2.77.